The predicted octanol–water partition coefficient (Wildman–Crippen LogP) is 2.11. The molecule has 4 heteroatoms. The van der Waals surface area contributed by atoms with E-state index in [9.17, 15) is 5.11 Å². The normalized spacial score (nSPS) is 12.7. The molecule has 20 heavy (non-hydrogen) atoms. The van der Waals surface area contributed by atoms with Crippen molar-refractivity contribution >= 4 is 10.9 Å². The SMILES string of the molecule is OC[C@H](O)n1nc(Cc2ccccc2)c2ccccc21. The Hall–Kier alpha value is -2.17. The van der Waals surface area contributed by atoms with Crippen molar-refractivity contribution in [2.75, 3.05) is 6.61 Å². The molecule has 0 aliphatic heterocycles. The van der Waals surface area contributed by atoms with Gasteiger partial charge in [0, 0.05) is 11.8 Å². The zero-order chi connectivity index (χ0) is 13.9. The van der Waals surface area contributed by atoms with Gasteiger partial charge in [-0.2, -0.15) is 5.10 Å². The lowest BCUT2D eigenvalue weighted by Gasteiger charge is -2.08. The summed E-state index contributed by atoms with van der Waals surface area (Å²) in [6.07, 6.45) is -0.309. The molecular formula is C16H16N2O2. The number of para-hydroxylation sites is 1. The minimum absolute atomic E-state index is 0.351. The third kappa shape index (κ3) is 2.31. The van der Waals surface area contributed by atoms with Crippen LogP contribution >= 0.6 is 0 Å². The van der Waals surface area contributed by atoms with Crippen LogP contribution < -0.4 is 0 Å². The fourth-order valence-electron chi connectivity index (χ4n) is 2.38. The molecule has 102 valence electrons. The summed E-state index contributed by atoms with van der Waals surface area (Å²) in [4.78, 5) is 0. The van der Waals surface area contributed by atoms with E-state index in [0.29, 0.717) is 6.42 Å². The molecule has 0 unspecified atom stereocenters. The van der Waals surface area contributed by atoms with Crippen LogP contribution in [0, 0.1) is 0 Å². The fourth-order valence-corrected chi connectivity index (χ4v) is 2.38. The molecule has 0 aliphatic rings. The maximum absolute atomic E-state index is 9.86. The first-order chi connectivity index (χ1) is 9.79. The van der Waals surface area contributed by atoms with Crippen LogP contribution in [0.1, 0.15) is 17.5 Å². The Balaban J connectivity index is 2.07. The number of benzene rings is 2. The second-order valence-corrected chi connectivity index (χ2v) is 4.73. The summed E-state index contributed by atoms with van der Waals surface area (Å²) in [6, 6.07) is 17.8. The van der Waals surface area contributed by atoms with Gasteiger partial charge in [-0.3, -0.25) is 0 Å². The molecule has 0 spiro atoms. The number of aromatic nitrogens is 2. The molecule has 0 amide bonds. The topological polar surface area (TPSA) is 58.3 Å². The van der Waals surface area contributed by atoms with Gasteiger partial charge in [-0.15, -0.1) is 0 Å². The molecule has 4 nitrogen and oxygen atoms in total. The first kappa shape index (κ1) is 12.8. The Morgan fingerprint density at radius 3 is 2.45 bits per heavy atom. The maximum Gasteiger partial charge on any atom is 0.170 e. The van der Waals surface area contributed by atoms with E-state index < -0.39 is 6.23 Å². The summed E-state index contributed by atoms with van der Waals surface area (Å²) in [7, 11) is 0. The van der Waals surface area contributed by atoms with Crippen LogP contribution in [0.2, 0.25) is 0 Å². The standard InChI is InChI=1S/C16H16N2O2/c19-11-16(20)18-15-9-5-4-8-13(15)14(17-18)10-12-6-2-1-3-7-12/h1-9,16,19-20H,10-11H2/t16-/m0/s1. The number of fused-ring (bicyclic) bond motifs is 1. The van der Waals surface area contributed by atoms with Crippen molar-refractivity contribution in [2.24, 2.45) is 0 Å². The van der Waals surface area contributed by atoms with E-state index in [-0.39, 0.29) is 6.61 Å². The van der Waals surface area contributed by atoms with Crippen molar-refractivity contribution in [3.8, 4) is 0 Å². The Bertz CT molecular complexity index is 707. The van der Waals surface area contributed by atoms with Crippen LogP contribution in [0.4, 0.5) is 0 Å². The Morgan fingerprint density at radius 1 is 1.00 bits per heavy atom. The summed E-state index contributed by atoms with van der Waals surface area (Å²) in [5.41, 5.74) is 2.90. The van der Waals surface area contributed by atoms with E-state index in [0.717, 1.165) is 16.6 Å². The maximum atomic E-state index is 9.86. The first-order valence-electron chi connectivity index (χ1n) is 6.58. The van der Waals surface area contributed by atoms with Gasteiger partial charge in [-0.1, -0.05) is 48.5 Å². The lowest BCUT2D eigenvalue weighted by atomic mass is 10.1. The molecule has 0 saturated carbocycles. The predicted molar refractivity (Wildman–Crippen MR) is 77.3 cm³/mol. The second-order valence-electron chi connectivity index (χ2n) is 4.73. The van der Waals surface area contributed by atoms with Gasteiger partial charge in [0.25, 0.3) is 0 Å². The molecule has 0 bridgehead atoms. The van der Waals surface area contributed by atoms with Crippen LogP contribution in [0.25, 0.3) is 10.9 Å². The van der Waals surface area contributed by atoms with Crippen LogP contribution in [0.15, 0.2) is 54.6 Å². The molecule has 0 aliphatic carbocycles. The third-order valence-electron chi connectivity index (χ3n) is 3.35. The molecule has 1 atom stereocenters. The van der Waals surface area contributed by atoms with Crippen LogP contribution in [-0.2, 0) is 6.42 Å². The van der Waals surface area contributed by atoms with Gasteiger partial charge in [0.15, 0.2) is 6.23 Å². The van der Waals surface area contributed by atoms with Gasteiger partial charge < -0.3 is 10.2 Å². The van der Waals surface area contributed by atoms with Gasteiger partial charge in [0.1, 0.15) is 0 Å². The van der Waals surface area contributed by atoms with Crippen LogP contribution in [0.5, 0.6) is 0 Å². The fraction of sp³-hybridized carbons (Fsp3) is 0.188. The molecule has 3 rings (SSSR count). The highest BCUT2D eigenvalue weighted by molar-refractivity contribution is 5.82. The average molecular weight is 268 g/mol. The van der Waals surface area contributed by atoms with Crippen molar-refractivity contribution in [3.63, 3.8) is 0 Å². The minimum atomic E-state index is -1.01. The first-order valence-corrected chi connectivity index (χ1v) is 6.58. The summed E-state index contributed by atoms with van der Waals surface area (Å²) in [5.74, 6) is 0. The lowest BCUT2D eigenvalue weighted by Crippen LogP contribution is -2.13. The van der Waals surface area contributed by atoms with Crippen LogP contribution in [0.3, 0.4) is 0 Å². The van der Waals surface area contributed by atoms with Gasteiger partial charge in [-0.25, -0.2) is 4.68 Å². The van der Waals surface area contributed by atoms with Crippen molar-refractivity contribution in [1.82, 2.24) is 9.78 Å². The molecule has 3 aromatic rings. The van der Waals surface area contributed by atoms with Gasteiger partial charge >= 0.3 is 0 Å². The number of hydrogen-bond acceptors (Lipinski definition) is 3. The summed E-state index contributed by atoms with van der Waals surface area (Å²) in [6.45, 7) is -0.351. The number of aliphatic hydroxyl groups is 2. The van der Waals surface area contributed by atoms with E-state index >= 15 is 0 Å². The highest BCUT2D eigenvalue weighted by Crippen LogP contribution is 2.23. The smallest absolute Gasteiger partial charge is 0.170 e. The zero-order valence-corrected chi connectivity index (χ0v) is 11.0. The van der Waals surface area contributed by atoms with Crippen molar-refractivity contribution in [1.29, 1.82) is 0 Å². The van der Waals surface area contributed by atoms with Gasteiger partial charge in [0.05, 0.1) is 17.8 Å². The Labute approximate surface area is 116 Å². The number of nitrogens with zero attached hydrogens (tertiary/aromatic N) is 2. The highest BCUT2D eigenvalue weighted by Gasteiger charge is 2.15. The van der Waals surface area contributed by atoms with Crippen molar-refractivity contribution in [2.45, 2.75) is 12.6 Å². The molecular weight excluding hydrogens is 252 g/mol. The van der Waals surface area contributed by atoms with Crippen LogP contribution in [-0.4, -0.2) is 26.6 Å². The average Bonchev–Trinajstić information content (AvgIpc) is 2.87. The molecule has 0 radical (unpaired) electrons. The number of aliphatic hydroxyl groups excluding tert-OH is 2. The third-order valence-corrected chi connectivity index (χ3v) is 3.35. The van der Waals surface area contributed by atoms with E-state index in [2.05, 4.69) is 17.2 Å². The lowest BCUT2D eigenvalue weighted by molar-refractivity contribution is 0.0327. The molecule has 2 N–H and O–H groups in total. The highest BCUT2D eigenvalue weighted by atomic mass is 16.3. The number of rotatable bonds is 4. The van der Waals surface area contributed by atoms with Crippen molar-refractivity contribution in [3.05, 3.63) is 65.9 Å². The van der Waals surface area contributed by atoms with Gasteiger partial charge in [0.2, 0.25) is 0 Å². The molecule has 1 aromatic heterocycles. The number of hydrogen-bond donors (Lipinski definition) is 2. The summed E-state index contributed by atoms with van der Waals surface area (Å²) < 4.78 is 1.48. The van der Waals surface area contributed by atoms with Gasteiger partial charge in [-0.05, 0) is 11.6 Å². The molecule has 0 saturated heterocycles. The van der Waals surface area contributed by atoms with E-state index in [1.165, 1.54) is 10.2 Å². The molecule has 0 fully saturated rings. The monoisotopic (exact) mass is 268 g/mol. The van der Waals surface area contributed by atoms with Crippen molar-refractivity contribution < 1.29 is 10.2 Å². The van der Waals surface area contributed by atoms with E-state index in [1.54, 1.807) is 0 Å². The zero-order valence-electron chi connectivity index (χ0n) is 11.0. The van der Waals surface area contributed by atoms with E-state index in [1.807, 2.05) is 42.5 Å². The quantitative estimate of drug-likeness (QED) is 0.762. The summed E-state index contributed by atoms with van der Waals surface area (Å²) in [5, 5.41) is 24.5. The molecule has 1 heterocycles. The van der Waals surface area contributed by atoms with E-state index in [4.69, 9.17) is 5.11 Å². The molecule has 2 aromatic carbocycles. The minimum Gasteiger partial charge on any atom is -0.392 e. The summed E-state index contributed by atoms with van der Waals surface area (Å²) >= 11 is 0. The Kier molecular flexibility index (Phi) is 3.50. The largest absolute Gasteiger partial charge is 0.392 e. The second kappa shape index (κ2) is 5.45. The Morgan fingerprint density at radius 2 is 1.70 bits per heavy atom.